The molecule has 37 heavy (non-hydrogen) atoms. The van der Waals surface area contributed by atoms with Crippen molar-refractivity contribution in [1.82, 2.24) is 30.0 Å². The Balaban J connectivity index is 1.24. The second-order valence-electron chi connectivity index (χ2n) is 10.3. The van der Waals surface area contributed by atoms with Crippen LogP contribution in [0.4, 0.5) is 11.5 Å². The predicted octanol–water partition coefficient (Wildman–Crippen LogP) is 2.87. The molecule has 0 bridgehead atoms. The van der Waals surface area contributed by atoms with Crippen molar-refractivity contribution in [3.8, 4) is 11.3 Å². The van der Waals surface area contributed by atoms with Gasteiger partial charge in [0.05, 0.1) is 17.1 Å². The quantitative estimate of drug-likeness (QED) is 0.311. The number of pyridine rings is 2. The molecule has 2 aliphatic rings. The van der Waals surface area contributed by atoms with Crippen molar-refractivity contribution in [2.75, 3.05) is 43.9 Å². The fraction of sp³-hybridized carbons (Fsp3) is 0.481. The first-order valence-corrected chi connectivity index (χ1v) is 13.1. The number of likely N-dealkylation sites (tertiary alicyclic amines) is 1. The molecule has 3 aromatic heterocycles. The number of nitrogens with zero attached hydrogens (tertiary/aromatic N) is 5. The molecule has 2 fully saturated rings. The molecule has 3 aromatic rings. The lowest BCUT2D eigenvalue weighted by Gasteiger charge is -2.29. The topological polar surface area (TPSA) is 120 Å². The number of hydrogen-bond donors (Lipinski definition) is 4. The van der Waals surface area contributed by atoms with Crippen LogP contribution in [0.5, 0.6) is 0 Å². The minimum atomic E-state index is -1.11. The normalized spacial score (nSPS) is 18.8. The lowest BCUT2D eigenvalue weighted by molar-refractivity contribution is 0.0931. The van der Waals surface area contributed by atoms with E-state index < -0.39 is 6.23 Å². The third-order valence-corrected chi connectivity index (χ3v) is 6.98. The van der Waals surface area contributed by atoms with Gasteiger partial charge in [0.15, 0.2) is 11.9 Å². The largest absolute Gasteiger partial charge is 0.370 e. The minimum Gasteiger partial charge on any atom is -0.370 e. The van der Waals surface area contributed by atoms with E-state index in [9.17, 15) is 9.90 Å². The maximum absolute atomic E-state index is 12.9. The number of nitrogens with one attached hydrogen (secondary N) is 3. The van der Waals surface area contributed by atoms with E-state index in [-0.39, 0.29) is 11.6 Å². The van der Waals surface area contributed by atoms with Gasteiger partial charge in [-0.2, -0.15) is 5.10 Å². The van der Waals surface area contributed by atoms with Gasteiger partial charge in [0.25, 0.3) is 5.91 Å². The number of aryl methyl sites for hydroxylation is 1. The lowest BCUT2D eigenvalue weighted by atomic mass is 9.98. The first-order chi connectivity index (χ1) is 17.9. The standard InChI is InChI=1S/C27H36N8O2/c1-34-12-4-5-19(16-34)15-30-27(37)25-23(17-35(2)33-25)32-26(36)22-7-3-6-21(31-22)20-10-11-28-24(13-20)29-14-18-8-9-18/h3,6-7,10-11,13,17-19,26,32,36H,4-5,8-9,12,14-16H2,1-2H3,(H,28,29)(H,30,37). The van der Waals surface area contributed by atoms with E-state index in [0.29, 0.717) is 23.8 Å². The van der Waals surface area contributed by atoms with Crippen LogP contribution >= 0.6 is 0 Å². The van der Waals surface area contributed by atoms with Crippen molar-refractivity contribution >= 4 is 17.4 Å². The Morgan fingerprint density at radius 2 is 2.03 bits per heavy atom. The lowest BCUT2D eigenvalue weighted by Crippen LogP contribution is -2.39. The summed E-state index contributed by atoms with van der Waals surface area (Å²) in [5.74, 6) is 1.74. The van der Waals surface area contributed by atoms with Crippen LogP contribution in [0.15, 0.2) is 42.7 Å². The molecule has 1 aliphatic heterocycles. The average Bonchev–Trinajstić information content (AvgIpc) is 3.67. The van der Waals surface area contributed by atoms with E-state index in [2.05, 4.69) is 43.0 Å². The SMILES string of the molecule is CN1CCCC(CNC(=O)c2nn(C)cc2NC(O)c2cccc(-c3ccnc(NCC4CC4)c3)n2)C1. The van der Waals surface area contributed by atoms with Crippen molar-refractivity contribution in [3.63, 3.8) is 0 Å². The summed E-state index contributed by atoms with van der Waals surface area (Å²) in [6.45, 7) is 3.62. The van der Waals surface area contributed by atoms with Crippen LogP contribution < -0.4 is 16.0 Å². The van der Waals surface area contributed by atoms with Gasteiger partial charge in [0.2, 0.25) is 0 Å². The number of carbonyl (C=O) groups excluding carboxylic acids is 1. The summed E-state index contributed by atoms with van der Waals surface area (Å²) in [4.78, 5) is 24.3. The number of rotatable bonds is 10. The van der Waals surface area contributed by atoms with Gasteiger partial charge in [-0.1, -0.05) is 6.07 Å². The molecule has 2 unspecified atom stereocenters. The first kappa shape index (κ1) is 25.2. The fourth-order valence-corrected chi connectivity index (χ4v) is 4.77. The second-order valence-corrected chi connectivity index (χ2v) is 10.3. The van der Waals surface area contributed by atoms with Crippen LogP contribution in [0.3, 0.4) is 0 Å². The summed E-state index contributed by atoms with van der Waals surface area (Å²) >= 11 is 0. The van der Waals surface area contributed by atoms with E-state index in [4.69, 9.17) is 0 Å². The Hall–Kier alpha value is -3.50. The molecule has 0 aromatic carbocycles. The summed E-state index contributed by atoms with van der Waals surface area (Å²) in [5, 5.41) is 24.7. The zero-order valence-corrected chi connectivity index (χ0v) is 21.5. The Morgan fingerprint density at radius 3 is 2.84 bits per heavy atom. The fourth-order valence-electron chi connectivity index (χ4n) is 4.77. The summed E-state index contributed by atoms with van der Waals surface area (Å²) in [7, 11) is 3.86. The highest BCUT2D eigenvalue weighted by molar-refractivity contribution is 5.97. The molecule has 0 radical (unpaired) electrons. The van der Waals surface area contributed by atoms with Crippen molar-refractivity contribution in [2.45, 2.75) is 31.9 Å². The molecular weight excluding hydrogens is 468 g/mol. The van der Waals surface area contributed by atoms with Crippen molar-refractivity contribution < 1.29 is 9.90 Å². The Kier molecular flexibility index (Phi) is 7.66. The zero-order valence-electron chi connectivity index (χ0n) is 21.5. The number of amides is 1. The molecule has 10 heteroatoms. The van der Waals surface area contributed by atoms with Gasteiger partial charge in [-0.25, -0.2) is 9.97 Å². The molecule has 5 rings (SSSR count). The third-order valence-electron chi connectivity index (χ3n) is 6.98. The van der Waals surface area contributed by atoms with E-state index in [1.807, 2.05) is 24.3 Å². The monoisotopic (exact) mass is 504 g/mol. The molecule has 0 spiro atoms. The molecule has 4 heterocycles. The van der Waals surface area contributed by atoms with Gasteiger partial charge < -0.3 is 26.0 Å². The average molecular weight is 505 g/mol. The second kappa shape index (κ2) is 11.3. The van der Waals surface area contributed by atoms with Crippen LogP contribution in [0.2, 0.25) is 0 Å². The number of anilines is 2. The molecule has 1 amide bonds. The molecule has 2 atom stereocenters. The predicted molar refractivity (Wildman–Crippen MR) is 143 cm³/mol. The summed E-state index contributed by atoms with van der Waals surface area (Å²) in [5.41, 5.74) is 2.80. The van der Waals surface area contributed by atoms with E-state index >= 15 is 0 Å². The molecule has 1 saturated heterocycles. The summed E-state index contributed by atoms with van der Waals surface area (Å²) in [6.07, 6.45) is 7.14. The van der Waals surface area contributed by atoms with E-state index in [1.165, 1.54) is 12.8 Å². The molecule has 10 nitrogen and oxygen atoms in total. The molecule has 1 aliphatic carbocycles. The van der Waals surface area contributed by atoms with Crippen molar-refractivity contribution in [3.05, 3.63) is 54.1 Å². The van der Waals surface area contributed by atoms with Crippen LogP contribution in [-0.2, 0) is 7.05 Å². The highest BCUT2D eigenvalue weighted by atomic mass is 16.3. The maximum Gasteiger partial charge on any atom is 0.273 e. The number of aliphatic hydroxyl groups is 1. The molecule has 1 saturated carbocycles. The van der Waals surface area contributed by atoms with Gasteiger partial charge in [-0.05, 0) is 75.4 Å². The van der Waals surface area contributed by atoms with Gasteiger partial charge in [-0.3, -0.25) is 9.48 Å². The molecule has 196 valence electrons. The van der Waals surface area contributed by atoms with Gasteiger partial charge in [-0.15, -0.1) is 0 Å². The highest BCUT2D eigenvalue weighted by Crippen LogP contribution is 2.29. The smallest absolute Gasteiger partial charge is 0.273 e. The third kappa shape index (κ3) is 6.64. The van der Waals surface area contributed by atoms with Gasteiger partial charge in [0, 0.05) is 44.6 Å². The van der Waals surface area contributed by atoms with E-state index in [0.717, 1.165) is 55.5 Å². The number of aromatic nitrogens is 4. The van der Waals surface area contributed by atoms with Crippen molar-refractivity contribution in [2.24, 2.45) is 18.9 Å². The van der Waals surface area contributed by atoms with Crippen LogP contribution in [0.25, 0.3) is 11.3 Å². The Morgan fingerprint density at radius 1 is 1.16 bits per heavy atom. The maximum atomic E-state index is 12.9. The van der Waals surface area contributed by atoms with Gasteiger partial charge >= 0.3 is 0 Å². The summed E-state index contributed by atoms with van der Waals surface area (Å²) < 4.78 is 1.56. The highest BCUT2D eigenvalue weighted by Gasteiger charge is 2.23. The van der Waals surface area contributed by atoms with Crippen molar-refractivity contribution in [1.29, 1.82) is 0 Å². The van der Waals surface area contributed by atoms with Crippen LogP contribution in [0, 0.1) is 11.8 Å². The minimum absolute atomic E-state index is 0.252. The molecule has 4 N–H and O–H groups in total. The summed E-state index contributed by atoms with van der Waals surface area (Å²) in [6, 6.07) is 9.40. The molecular formula is C27H36N8O2. The van der Waals surface area contributed by atoms with Crippen LogP contribution in [-0.4, -0.2) is 68.9 Å². The number of carbonyl (C=O) groups is 1. The Bertz CT molecular complexity index is 1220. The zero-order chi connectivity index (χ0) is 25.8. The van der Waals surface area contributed by atoms with Crippen LogP contribution in [0.1, 0.15) is 48.1 Å². The Labute approximate surface area is 217 Å². The number of aliphatic hydroxyl groups excluding tert-OH is 1. The first-order valence-electron chi connectivity index (χ1n) is 13.1. The number of hydrogen-bond acceptors (Lipinski definition) is 8. The van der Waals surface area contributed by atoms with Gasteiger partial charge in [0.1, 0.15) is 5.82 Å². The van der Waals surface area contributed by atoms with E-state index in [1.54, 1.807) is 30.2 Å². The number of piperidine rings is 1.